The van der Waals surface area contributed by atoms with Gasteiger partial charge in [-0.25, -0.2) is 0 Å². The Balaban J connectivity index is 1.50. The van der Waals surface area contributed by atoms with Crippen molar-refractivity contribution < 1.29 is 4.52 Å². The van der Waals surface area contributed by atoms with Gasteiger partial charge in [-0.1, -0.05) is 56.3 Å². The molecule has 0 spiro atoms. The Hall–Kier alpha value is -2.37. The molecule has 0 bridgehead atoms. The van der Waals surface area contributed by atoms with E-state index in [4.69, 9.17) is 15.7 Å². The number of nitrogens with zero attached hydrogens (tertiary/aromatic N) is 3. The zero-order valence-corrected chi connectivity index (χ0v) is 17.0. The first-order chi connectivity index (χ1) is 13.7. The lowest BCUT2D eigenvalue weighted by atomic mass is 10.0. The van der Waals surface area contributed by atoms with Crippen molar-refractivity contribution in [2.75, 3.05) is 6.54 Å². The minimum absolute atomic E-state index is 0.183. The zero-order chi connectivity index (χ0) is 19.8. The Labute approximate surface area is 168 Å². The number of nitrogens with one attached hydrogen (secondary N) is 1. The second-order valence-corrected chi connectivity index (χ2v) is 7.81. The van der Waals surface area contributed by atoms with Crippen LogP contribution in [-0.2, 0) is 12.8 Å². The normalized spacial score (nSPS) is 16.6. The van der Waals surface area contributed by atoms with Crippen LogP contribution in [0, 0.1) is 5.41 Å². The van der Waals surface area contributed by atoms with Crippen LogP contribution in [0.5, 0.6) is 0 Å². The average Bonchev–Trinajstić information content (AvgIpc) is 3.35. The van der Waals surface area contributed by atoms with E-state index in [1.54, 1.807) is 0 Å². The molecule has 1 aliphatic heterocycles. The highest BCUT2D eigenvalue weighted by molar-refractivity contribution is 5.75. The van der Waals surface area contributed by atoms with E-state index in [-0.39, 0.29) is 5.96 Å². The van der Waals surface area contributed by atoms with E-state index in [1.807, 2.05) is 17.0 Å². The van der Waals surface area contributed by atoms with E-state index >= 15 is 0 Å². The maximum Gasteiger partial charge on any atom is 0.257 e. The largest absolute Gasteiger partial charge is 0.370 e. The molecule has 0 aliphatic carbocycles. The van der Waals surface area contributed by atoms with Crippen molar-refractivity contribution in [3.8, 4) is 11.5 Å². The van der Waals surface area contributed by atoms with E-state index in [1.165, 1.54) is 37.7 Å². The van der Waals surface area contributed by atoms with Gasteiger partial charge in [-0.2, -0.15) is 4.98 Å². The van der Waals surface area contributed by atoms with E-state index < -0.39 is 0 Å². The van der Waals surface area contributed by atoms with Gasteiger partial charge in [-0.15, -0.1) is 0 Å². The topological polar surface area (TPSA) is 92.0 Å². The molecule has 0 radical (unpaired) electrons. The quantitative estimate of drug-likeness (QED) is 0.357. The van der Waals surface area contributed by atoms with Crippen molar-refractivity contribution in [2.45, 2.75) is 77.2 Å². The third-order valence-electron chi connectivity index (χ3n) is 5.58. The van der Waals surface area contributed by atoms with E-state index in [0.29, 0.717) is 11.9 Å². The molecule has 2 aromatic rings. The summed E-state index contributed by atoms with van der Waals surface area (Å²) >= 11 is 0. The molecule has 6 heteroatoms. The molecule has 1 saturated heterocycles. The molecule has 0 amide bonds. The predicted octanol–water partition coefficient (Wildman–Crippen LogP) is 4.54. The first kappa shape index (κ1) is 20.4. The third-order valence-corrected chi connectivity index (χ3v) is 5.58. The van der Waals surface area contributed by atoms with Crippen LogP contribution in [0.4, 0.5) is 0 Å². The number of rotatable bonds is 10. The molecule has 0 unspecified atom stereocenters. The highest BCUT2D eigenvalue weighted by Gasteiger charge is 2.25. The lowest BCUT2D eigenvalue weighted by Gasteiger charge is -2.24. The van der Waals surface area contributed by atoms with Crippen molar-refractivity contribution >= 4 is 5.96 Å². The molecule has 6 nitrogen and oxygen atoms in total. The molecule has 1 fully saturated rings. The maximum atomic E-state index is 7.70. The summed E-state index contributed by atoms with van der Waals surface area (Å²) in [5.74, 6) is 1.58. The van der Waals surface area contributed by atoms with Crippen LogP contribution in [-0.4, -0.2) is 33.6 Å². The number of guanidine groups is 1. The van der Waals surface area contributed by atoms with Gasteiger partial charge >= 0.3 is 0 Å². The highest BCUT2D eigenvalue weighted by Crippen LogP contribution is 2.23. The minimum atomic E-state index is 0.183. The van der Waals surface area contributed by atoms with Crippen molar-refractivity contribution in [1.29, 1.82) is 5.41 Å². The fourth-order valence-electron chi connectivity index (χ4n) is 3.96. The SMILES string of the molecule is CCCCCCCCc1noc(-c2ccc(C[C@@H]3CCCN3C(=N)N)cc2)n1. The maximum absolute atomic E-state index is 7.70. The number of unbranched alkanes of at least 4 members (excludes halogenated alkanes) is 5. The Morgan fingerprint density at radius 2 is 1.93 bits per heavy atom. The molecular formula is C22H33N5O. The van der Waals surface area contributed by atoms with E-state index in [9.17, 15) is 0 Å². The molecule has 28 heavy (non-hydrogen) atoms. The van der Waals surface area contributed by atoms with Crippen molar-refractivity contribution in [3.63, 3.8) is 0 Å². The fraction of sp³-hybridized carbons (Fsp3) is 0.591. The average molecular weight is 384 g/mol. The van der Waals surface area contributed by atoms with Gasteiger partial charge in [0.25, 0.3) is 5.89 Å². The van der Waals surface area contributed by atoms with Gasteiger partial charge in [0.15, 0.2) is 11.8 Å². The van der Waals surface area contributed by atoms with Gasteiger partial charge in [0.05, 0.1) is 0 Å². The minimum Gasteiger partial charge on any atom is -0.370 e. The predicted molar refractivity (Wildman–Crippen MR) is 112 cm³/mol. The van der Waals surface area contributed by atoms with E-state index in [2.05, 4.69) is 29.2 Å². The molecule has 2 heterocycles. The van der Waals surface area contributed by atoms with Crippen LogP contribution in [0.1, 0.15) is 69.7 Å². The first-order valence-corrected chi connectivity index (χ1v) is 10.7. The first-order valence-electron chi connectivity index (χ1n) is 10.7. The standard InChI is InChI=1S/C22H33N5O/c1-2-3-4-5-6-7-10-20-25-21(28-26-20)18-13-11-17(12-14-18)16-19-9-8-15-27(19)22(23)24/h11-14,19H,2-10,15-16H2,1H3,(H3,23,24)/t19-/m0/s1. The molecule has 1 aromatic heterocycles. The summed E-state index contributed by atoms with van der Waals surface area (Å²) < 4.78 is 5.45. The Morgan fingerprint density at radius 3 is 2.68 bits per heavy atom. The van der Waals surface area contributed by atoms with Gasteiger partial charge in [-0.3, -0.25) is 5.41 Å². The summed E-state index contributed by atoms with van der Waals surface area (Å²) in [6, 6.07) is 8.65. The summed E-state index contributed by atoms with van der Waals surface area (Å²) in [6.45, 7) is 3.13. The van der Waals surface area contributed by atoms with Crippen LogP contribution in [0.3, 0.4) is 0 Å². The number of aromatic nitrogens is 2. The zero-order valence-electron chi connectivity index (χ0n) is 17.0. The lowest BCUT2D eigenvalue weighted by Crippen LogP contribution is -2.40. The molecule has 1 aliphatic rings. The molecule has 3 N–H and O–H groups in total. The number of aryl methyl sites for hydroxylation is 1. The molecule has 1 atom stereocenters. The summed E-state index contributed by atoms with van der Waals surface area (Å²) in [5, 5.41) is 11.8. The molecular weight excluding hydrogens is 350 g/mol. The summed E-state index contributed by atoms with van der Waals surface area (Å²) in [7, 11) is 0. The van der Waals surface area contributed by atoms with Crippen molar-refractivity contribution in [3.05, 3.63) is 35.7 Å². The van der Waals surface area contributed by atoms with Crippen LogP contribution in [0.15, 0.2) is 28.8 Å². The van der Waals surface area contributed by atoms with Gasteiger partial charge in [0, 0.05) is 24.6 Å². The van der Waals surface area contributed by atoms with Gasteiger partial charge in [0.1, 0.15) is 0 Å². The highest BCUT2D eigenvalue weighted by atomic mass is 16.5. The number of hydrogen-bond acceptors (Lipinski definition) is 4. The number of hydrogen-bond donors (Lipinski definition) is 2. The van der Waals surface area contributed by atoms with Crippen molar-refractivity contribution in [2.24, 2.45) is 5.73 Å². The van der Waals surface area contributed by atoms with Gasteiger partial charge < -0.3 is 15.2 Å². The van der Waals surface area contributed by atoms with E-state index in [0.717, 1.165) is 50.0 Å². The second-order valence-electron chi connectivity index (χ2n) is 7.81. The fourth-order valence-corrected chi connectivity index (χ4v) is 3.96. The van der Waals surface area contributed by atoms with Crippen LogP contribution in [0.25, 0.3) is 11.5 Å². The number of nitrogens with two attached hydrogens (primary N) is 1. The van der Waals surface area contributed by atoms with Crippen molar-refractivity contribution in [1.82, 2.24) is 15.0 Å². The Morgan fingerprint density at radius 1 is 1.18 bits per heavy atom. The smallest absolute Gasteiger partial charge is 0.257 e. The summed E-state index contributed by atoms with van der Waals surface area (Å²) in [4.78, 5) is 6.55. The summed E-state index contributed by atoms with van der Waals surface area (Å²) in [6.07, 6.45) is 11.6. The Kier molecular flexibility index (Phi) is 7.46. The van der Waals surface area contributed by atoms with Crippen LogP contribution < -0.4 is 5.73 Å². The second kappa shape index (κ2) is 10.2. The van der Waals surface area contributed by atoms with Crippen LogP contribution >= 0.6 is 0 Å². The molecule has 3 rings (SSSR count). The van der Waals surface area contributed by atoms with Crippen LogP contribution in [0.2, 0.25) is 0 Å². The monoisotopic (exact) mass is 383 g/mol. The third kappa shape index (κ3) is 5.57. The van der Waals surface area contributed by atoms with Gasteiger partial charge in [-0.05, 0) is 43.4 Å². The van der Waals surface area contributed by atoms with Gasteiger partial charge in [0.2, 0.25) is 0 Å². The summed E-state index contributed by atoms with van der Waals surface area (Å²) in [5.41, 5.74) is 7.89. The molecule has 0 saturated carbocycles. The molecule has 1 aromatic carbocycles. The molecule has 152 valence electrons. The Bertz CT molecular complexity index is 740. The lowest BCUT2D eigenvalue weighted by molar-refractivity contribution is 0.380. The number of benzene rings is 1. The number of likely N-dealkylation sites (tertiary alicyclic amines) is 1.